The van der Waals surface area contributed by atoms with E-state index in [1.54, 1.807) is 31.2 Å². The van der Waals surface area contributed by atoms with E-state index in [1.807, 2.05) is 13.8 Å². The van der Waals surface area contributed by atoms with E-state index in [-0.39, 0.29) is 11.9 Å². The van der Waals surface area contributed by atoms with Crippen molar-refractivity contribution >= 4 is 5.91 Å². The number of aromatic nitrogens is 2. The summed E-state index contributed by atoms with van der Waals surface area (Å²) in [6.45, 7) is 5.75. The van der Waals surface area contributed by atoms with Crippen molar-refractivity contribution in [2.24, 2.45) is 0 Å². The summed E-state index contributed by atoms with van der Waals surface area (Å²) < 4.78 is 5.33. The molecule has 100 valence electrons. The molecule has 0 saturated heterocycles. The molecule has 2 rings (SSSR count). The molecule has 1 heterocycles. The molecular formula is C14H17N3O2. The SMILES string of the molecule is CCC(C)NC(=O)c1ccc(-c2nnc(C)o2)cc1. The summed E-state index contributed by atoms with van der Waals surface area (Å²) in [6, 6.07) is 7.29. The van der Waals surface area contributed by atoms with Crippen LogP contribution in [0.25, 0.3) is 11.5 Å². The molecule has 1 N–H and O–H groups in total. The zero-order chi connectivity index (χ0) is 13.8. The maximum atomic E-state index is 11.9. The van der Waals surface area contributed by atoms with Crippen LogP contribution in [0.15, 0.2) is 28.7 Å². The van der Waals surface area contributed by atoms with E-state index < -0.39 is 0 Å². The Labute approximate surface area is 112 Å². The minimum absolute atomic E-state index is 0.0670. The van der Waals surface area contributed by atoms with Gasteiger partial charge in [-0.05, 0) is 37.6 Å². The lowest BCUT2D eigenvalue weighted by molar-refractivity contribution is 0.0939. The lowest BCUT2D eigenvalue weighted by Crippen LogP contribution is -2.31. The Morgan fingerprint density at radius 1 is 1.32 bits per heavy atom. The van der Waals surface area contributed by atoms with Gasteiger partial charge in [-0.2, -0.15) is 0 Å². The van der Waals surface area contributed by atoms with Crippen molar-refractivity contribution in [1.82, 2.24) is 15.5 Å². The maximum absolute atomic E-state index is 11.9. The van der Waals surface area contributed by atoms with Crippen LogP contribution in [0.1, 0.15) is 36.5 Å². The second-order valence-electron chi connectivity index (χ2n) is 4.49. The monoisotopic (exact) mass is 259 g/mol. The van der Waals surface area contributed by atoms with Crippen LogP contribution in [-0.2, 0) is 0 Å². The fourth-order valence-electron chi connectivity index (χ4n) is 1.59. The molecule has 1 atom stereocenters. The summed E-state index contributed by atoms with van der Waals surface area (Å²) >= 11 is 0. The van der Waals surface area contributed by atoms with E-state index in [0.29, 0.717) is 17.3 Å². The standard InChI is InChI=1S/C14H17N3O2/c1-4-9(2)15-13(18)11-5-7-12(8-6-11)14-17-16-10(3)19-14/h5-9H,4H2,1-3H3,(H,15,18). The molecule has 0 saturated carbocycles. The van der Waals surface area contributed by atoms with E-state index in [1.165, 1.54) is 0 Å². The molecule has 0 spiro atoms. The second kappa shape index (κ2) is 5.65. The Kier molecular flexibility index (Phi) is 3.94. The van der Waals surface area contributed by atoms with Gasteiger partial charge in [0.15, 0.2) is 0 Å². The lowest BCUT2D eigenvalue weighted by Gasteiger charge is -2.11. The summed E-state index contributed by atoms with van der Waals surface area (Å²) in [6.07, 6.45) is 0.908. The summed E-state index contributed by atoms with van der Waals surface area (Å²) in [7, 11) is 0. The third-order valence-corrected chi connectivity index (χ3v) is 2.91. The van der Waals surface area contributed by atoms with Gasteiger partial charge in [-0.25, -0.2) is 0 Å². The highest BCUT2D eigenvalue weighted by Gasteiger charge is 2.10. The fraction of sp³-hybridized carbons (Fsp3) is 0.357. The fourth-order valence-corrected chi connectivity index (χ4v) is 1.59. The van der Waals surface area contributed by atoms with Crippen molar-refractivity contribution in [2.75, 3.05) is 0 Å². The predicted octanol–water partition coefficient (Wildman–Crippen LogP) is 2.57. The third-order valence-electron chi connectivity index (χ3n) is 2.91. The number of aryl methyl sites for hydroxylation is 1. The maximum Gasteiger partial charge on any atom is 0.251 e. The number of amides is 1. The molecule has 0 fully saturated rings. The van der Waals surface area contributed by atoms with Gasteiger partial charge in [0.1, 0.15) is 0 Å². The van der Waals surface area contributed by atoms with Gasteiger partial charge in [-0.15, -0.1) is 10.2 Å². The Bertz CT molecular complexity index is 560. The van der Waals surface area contributed by atoms with Crippen LogP contribution >= 0.6 is 0 Å². The zero-order valence-electron chi connectivity index (χ0n) is 11.3. The smallest absolute Gasteiger partial charge is 0.251 e. The molecule has 19 heavy (non-hydrogen) atoms. The van der Waals surface area contributed by atoms with Crippen LogP contribution in [0.3, 0.4) is 0 Å². The first-order chi connectivity index (χ1) is 9.10. The Balaban J connectivity index is 2.12. The average Bonchev–Trinajstić information content (AvgIpc) is 2.85. The van der Waals surface area contributed by atoms with Crippen LogP contribution in [-0.4, -0.2) is 22.1 Å². The molecule has 0 radical (unpaired) electrons. The number of nitrogens with zero attached hydrogens (tertiary/aromatic N) is 2. The number of carbonyl (C=O) groups is 1. The average molecular weight is 259 g/mol. The Morgan fingerprint density at radius 3 is 2.53 bits per heavy atom. The van der Waals surface area contributed by atoms with Gasteiger partial charge in [0.25, 0.3) is 5.91 Å². The van der Waals surface area contributed by atoms with Gasteiger partial charge in [-0.3, -0.25) is 4.79 Å². The van der Waals surface area contributed by atoms with Crippen molar-refractivity contribution in [3.05, 3.63) is 35.7 Å². The van der Waals surface area contributed by atoms with Crippen LogP contribution in [0, 0.1) is 6.92 Å². The Hall–Kier alpha value is -2.17. The summed E-state index contributed by atoms with van der Waals surface area (Å²) in [5.41, 5.74) is 1.43. The van der Waals surface area contributed by atoms with Crippen LogP contribution in [0.4, 0.5) is 0 Å². The molecule has 0 aliphatic heterocycles. The van der Waals surface area contributed by atoms with Crippen molar-refractivity contribution < 1.29 is 9.21 Å². The third kappa shape index (κ3) is 3.19. The zero-order valence-corrected chi connectivity index (χ0v) is 11.3. The first kappa shape index (κ1) is 13.3. The predicted molar refractivity (Wildman–Crippen MR) is 71.7 cm³/mol. The molecule has 0 aliphatic carbocycles. The quantitative estimate of drug-likeness (QED) is 0.916. The topological polar surface area (TPSA) is 68.0 Å². The Morgan fingerprint density at radius 2 is 2.00 bits per heavy atom. The molecule has 1 aromatic heterocycles. The van der Waals surface area contributed by atoms with Crippen molar-refractivity contribution in [3.63, 3.8) is 0 Å². The van der Waals surface area contributed by atoms with Crippen LogP contribution in [0.2, 0.25) is 0 Å². The number of rotatable bonds is 4. The number of hydrogen-bond donors (Lipinski definition) is 1. The van der Waals surface area contributed by atoms with Crippen molar-refractivity contribution in [2.45, 2.75) is 33.2 Å². The first-order valence-corrected chi connectivity index (χ1v) is 6.31. The molecule has 0 bridgehead atoms. The van der Waals surface area contributed by atoms with E-state index >= 15 is 0 Å². The van der Waals surface area contributed by atoms with Crippen LogP contribution in [0.5, 0.6) is 0 Å². The number of hydrogen-bond acceptors (Lipinski definition) is 4. The first-order valence-electron chi connectivity index (χ1n) is 6.31. The van der Waals surface area contributed by atoms with E-state index in [4.69, 9.17) is 4.42 Å². The van der Waals surface area contributed by atoms with E-state index in [2.05, 4.69) is 15.5 Å². The highest BCUT2D eigenvalue weighted by Crippen LogP contribution is 2.18. The summed E-state index contributed by atoms with van der Waals surface area (Å²) in [4.78, 5) is 11.9. The van der Waals surface area contributed by atoms with Gasteiger partial charge in [0, 0.05) is 24.1 Å². The normalized spacial score (nSPS) is 12.2. The molecule has 5 nitrogen and oxygen atoms in total. The number of benzene rings is 1. The van der Waals surface area contributed by atoms with Crippen LogP contribution < -0.4 is 5.32 Å². The van der Waals surface area contributed by atoms with E-state index in [0.717, 1.165) is 12.0 Å². The van der Waals surface area contributed by atoms with Crippen molar-refractivity contribution in [3.8, 4) is 11.5 Å². The molecule has 1 unspecified atom stereocenters. The summed E-state index contributed by atoms with van der Waals surface area (Å²) in [5.74, 6) is 0.919. The minimum atomic E-state index is -0.0670. The minimum Gasteiger partial charge on any atom is -0.421 e. The van der Waals surface area contributed by atoms with Gasteiger partial charge in [0.05, 0.1) is 0 Å². The molecule has 2 aromatic rings. The lowest BCUT2D eigenvalue weighted by atomic mass is 10.1. The molecule has 1 amide bonds. The van der Waals surface area contributed by atoms with Gasteiger partial charge in [-0.1, -0.05) is 6.92 Å². The molecule has 5 heteroatoms. The van der Waals surface area contributed by atoms with E-state index in [9.17, 15) is 4.79 Å². The largest absolute Gasteiger partial charge is 0.421 e. The van der Waals surface area contributed by atoms with Gasteiger partial charge < -0.3 is 9.73 Å². The van der Waals surface area contributed by atoms with Crippen molar-refractivity contribution in [1.29, 1.82) is 0 Å². The summed E-state index contributed by atoms with van der Waals surface area (Å²) in [5, 5.41) is 10.6. The number of nitrogens with one attached hydrogen (secondary N) is 1. The molecule has 0 aliphatic rings. The van der Waals surface area contributed by atoms with Gasteiger partial charge >= 0.3 is 0 Å². The highest BCUT2D eigenvalue weighted by molar-refractivity contribution is 5.94. The second-order valence-corrected chi connectivity index (χ2v) is 4.49. The van der Waals surface area contributed by atoms with Gasteiger partial charge in [0.2, 0.25) is 11.8 Å². The molecule has 1 aromatic carbocycles. The highest BCUT2D eigenvalue weighted by atomic mass is 16.4. The number of carbonyl (C=O) groups excluding carboxylic acids is 1. The molecular weight excluding hydrogens is 242 g/mol.